The summed E-state index contributed by atoms with van der Waals surface area (Å²) in [6.07, 6.45) is 5.39. The third-order valence-corrected chi connectivity index (χ3v) is 1.03. The highest BCUT2D eigenvalue weighted by atomic mass is 14.6. The first kappa shape index (κ1) is 12.8. The van der Waals surface area contributed by atoms with E-state index in [-0.39, 0.29) is 6.04 Å². The molecule has 0 aromatic heterocycles. The average Bonchev–Trinajstić information content (AvgIpc) is 2.03. The van der Waals surface area contributed by atoms with Crippen LogP contribution >= 0.6 is 0 Å². The molecule has 0 aromatic rings. The summed E-state index contributed by atoms with van der Waals surface area (Å²) in [5.74, 6) is 0. The van der Waals surface area contributed by atoms with Crippen molar-refractivity contribution >= 4 is 0 Å². The zero-order valence-electron chi connectivity index (χ0n) is 7.80. The molecule has 0 spiro atoms. The molecule has 64 valence electrons. The van der Waals surface area contributed by atoms with Gasteiger partial charge in [0.15, 0.2) is 0 Å². The van der Waals surface area contributed by atoms with Crippen LogP contribution in [0.3, 0.4) is 0 Å². The van der Waals surface area contributed by atoms with Crippen molar-refractivity contribution in [1.82, 2.24) is 0 Å². The van der Waals surface area contributed by atoms with Gasteiger partial charge in [0.2, 0.25) is 0 Å². The second kappa shape index (κ2) is 9.18. The molecule has 0 rings (SSSR count). The molecular formula is C10H19N. The largest absolute Gasteiger partial charge is 0.324 e. The number of hydrogen-bond acceptors (Lipinski definition) is 1. The van der Waals surface area contributed by atoms with Crippen molar-refractivity contribution in [3.63, 3.8) is 0 Å². The zero-order valence-corrected chi connectivity index (χ0v) is 7.80. The Morgan fingerprint density at radius 3 is 2.18 bits per heavy atom. The molecule has 1 nitrogen and oxygen atoms in total. The van der Waals surface area contributed by atoms with Gasteiger partial charge in [0, 0.05) is 6.04 Å². The maximum Gasteiger partial charge on any atom is 0.0260 e. The lowest BCUT2D eigenvalue weighted by molar-refractivity contribution is 0.889. The molecule has 0 amide bonds. The van der Waals surface area contributed by atoms with Crippen LogP contribution in [-0.4, -0.2) is 6.04 Å². The van der Waals surface area contributed by atoms with Crippen molar-refractivity contribution < 1.29 is 0 Å². The van der Waals surface area contributed by atoms with Gasteiger partial charge in [-0.05, 0) is 12.5 Å². The van der Waals surface area contributed by atoms with Gasteiger partial charge in [0.1, 0.15) is 0 Å². The van der Waals surface area contributed by atoms with E-state index in [1.807, 2.05) is 32.9 Å². The fourth-order valence-corrected chi connectivity index (χ4v) is 0.343. The fourth-order valence-electron chi connectivity index (χ4n) is 0.343. The minimum Gasteiger partial charge on any atom is -0.324 e. The molecule has 0 aliphatic rings. The Kier molecular flexibility index (Phi) is 10.7. The van der Waals surface area contributed by atoms with Crippen LogP contribution in [0.2, 0.25) is 0 Å². The SMILES string of the molecule is C=C/C=C\C(=C)C(C)N.CC. The summed E-state index contributed by atoms with van der Waals surface area (Å²) in [6.45, 7) is 13.2. The molecule has 1 unspecified atom stereocenters. The standard InChI is InChI=1S/C8H13N.C2H6/c1-4-5-6-7(2)8(3)9;1-2/h4-6,8H,1-2,9H2,3H3;1-2H3/b6-5-;. The number of nitrogens with two attached hydrogens (primary N) is 1. The molecule has 0 saturated heterocycles. The Hall–Kier alpha value is -0.820. The van der Waals surface area contributed by atoms with Crippen LogP contribution in [0.4, 0.5) is 0 Å². The Morgan fingerprint density at radius 2 is 1.91 bits per heavy atom. The summed E-state index contributed by atoms with van der Waals surface area (Å²) in [6, 6.07) is 0.0428. The van der Waals surface area contributed by atoms with Gasteiger partial charge in [-0.15, -0.1) is 0 Å². The summed E-state index contributed by atoms with van der Waals surface area (Å²) in [4.78, 5) is 0. The van der Waals surface area contributed by atoms with E-state index < -0.39 is 0 Å². The van der Waals surface area contributed by atoms with Crippen molar-refractivity contribution in [3.05, 3.63) is 37.0 Å². The van der Waals surface area contributed by atoms with Crippen LogP contribution < -0.4 is 5.73 Å². The highest BCUT2D eigenvalue weighted by Gasteiger charge is 1.91. The summed E-state index contributed by atoms with van der Waals surface area (Å²) < 4.78 is 0. The van der Waals surface area contributed by atoms with E-state index in [0.717, 1.165) is 5.57 Å². The van der Waals surface area contributed by atoms with Gasteiger partial charge in [-0.1, -0.05) is 45.2 Å². The first-order chi connectivity index (χ1) is 5.18. The predicted octanol–water partition coefficient (Wildman–Crippen LogP) is 2.66. The highest BCUT2D eigenvalue weighted by Crippen LogP contribution is 1.96. The van der Waals surface area contributed by atoms with Gasteiger partial charge in [0.05, 0.1) is 0 Å². The van der Waals surface area contributed by atoms with E-state index >= 15 is 0 Å². The molecule has 1 heteroatoms. The van der Waals surface area contributed by atoms with Crippen molar-refractivity contribution in [2.75, 3.05) is 0 Å². The van der Waals surface area contributed by atoms with Crippen LogP contribution in [0.15, 0.2) is 37.0 Å². The van der Waals surface area contributed by atoms with E-state index in [1.165, 1.54) is 0 Å². The van der Waals surface area contributed by atoms with E-state index in [9.17, 15) is 0 Å². The molecule has 0 radical (unpaired) electrons. The maximum atomic E-state index is 5.49. The second-order valence-electron chi connectivity index (χ2n) is 1.96. The quantitative estimate of drug-likeness (QED) is 0.620. The molecule has 0 fully saturated rings. The average molecular weight is 153 g/mol. The summed E-state index contributed by atoms with van der Waals surface area (Å²) in [5, 5.41) is 0. The van der Waals surface area contributed by atoms with Gasteiger partial charge in [-0.3, -0.25) is 0 Å². The van der Waals surface area contributed by atoms with Crippen LogP contribution in [0.25, 0.3) is 0 Å². The second-order valence-corrected chi connectivity index (χ2v) is 1.96. The molecule has 0 aromatic carbocycles. The van der Waals surface area contributed by atoms with Crippen molar-refractivity contribution in [1.29, 1.82) is 0 Å². The molecule has 1 atom stereocenters. The number of hydrogen-bond donors (Lipinski definition) is 1. The Balaban J connectivity index is 0. The molecule has 2 N–H and O–H groups in total. The molecule has 0 saturated carbocycles. The number of allylic oxidation sites excluding steroid dienone is 2. The van der Waals surface area contributed by atoms with Crippen LogP contribution in [0.5, 0.6) is 0 Å². The van der Waals surface area contributed by atoms with E-state index in [4.69, 9.17) is 5.73 Å². The molecule has 0 bridgehead atoms. The van der Waals surface area contributed by atoms with E-state index in [0.29, 0.717) is 0 Å². The van der Waals surface area contributed by atoms with Gasteiger partial charge in [-0.25, -0.2) is 0 Å². The fraction of sp³-hybridized carbons (Fsp3) is 0.400. The number of rotatable bonds is 3. The Labute approximate surface area is 70.3 Å². The smallest absolute Gasteiger partial charge is 0.0260 e. The molecule has 0 heterocycles. The van der Waals surface area contributed by atoms with Gasteiger partial charge < -0.3 is 5.73 Å². The minimum absolute atomic E-state index is 0.0428. The molecule has 0 aliphatic heterocycles. The Bertz CT molecular complexity index is 132. The van der Waals surface area contributed by atoms with Crippen molar-refractivity contribution in [3.8, 4) is 0 Å². The normalized spacial score (nSPS) is 11.6. The van der Waals surface area contributed by atoms with Gasteiger partial charge in [0.25, 0.3) is 0 Å². The monoisotopic (exact) mass is 153 g/mol. The summed E-state index contributed by atoms with van der Waals surface area (Å²) in [5.41, 5.74) is 6.42. The van der Waals surface area contributed by atoms with Gasteiger partial charge >= 0.3 is 0 Å². The third-order valence-electron chi connectivity index (χ3n) is 1.03. The molecule has 11 heavy (non-hydrogen) atoms. The minimum atomic E-state index is 0.0428. The van der Waals surface area contributed by atoms with Crippen LogP contribution in [-0.2, 0) is 0 Å². The van der Waals surface area contributed by atoms with E-state index in [2.05, 4.69) is 13.2 Å². The van der Waals surface area contributed by atoms with Crippen molar-refractivity contribution in [2.45, 2.75) is 26.8 Å². The lowest BCUT2D eigenvalue weighted by Crippen LogP contribution is -2.15. The third kappa shape index (κ3) is 9.18. The van der Waals surface area contributed by atoms with Crippen LogP contribution in [0, 0.1) is 0 Å². The zero-order chi connectivity index (χ0) is 9.28. The topological polar surface area (TPSA) is 26.0 Å². The predicted molar refractivity (Wildman–Crippen MR) is 53.5 cm³/mol. The Morgan fingerprint density at radius 1 is 1.45 bits per heavy atom. The summed E-state index contributed by atoms with van der Waals surface area (Å²) in [7, 11) is 0. The summed E-state index contributed by atoms with van der Waals surface area (Å²) >= 11 is 0. The van der Waals surface area contributed by atoms with Gasteiger partial charge in [-0.2, -0.15) is 0 Å². The lowest BCUT2D eigenvalue weighted by Gasteiger charge is -2.01. The van der Waals surface area contributed by atoms with E-state index in [1.54, 1.807) is 6.08 Å². The molecular weight excluding hydrogens is 134 g/mol. The first-order valence-corrected chi connectivity index (χ1v) is 3.92. The molecule has 0 aliphatic carbocycles. The maximum absolute atomic E-state index is 5.49. The first-order valence-electron chi connectivity index (χ1n) is 3.92. The van der Waals surface area contributed by atoms with Crippen molar-refractivity contribution in [2.24, 2.45) is 5.73 Å². The van der Waals surface area contributed by atoms with Crippen LogP contribution in [0.1, 0.15) is 20.8 Å². The highest BCUT2D eigenvalue weighted by molar-refractivity contribution is 5.22. The lowest BCUT2D eigenvalue weighted by atomic mass is 10.1.